The molecule has 2 N–H and O–H groups in total. The predicted octanol–water partition coefficient (Wildman–Crippen LogP) is -0.926. The van der Waals surface area contributed by atoms with Gasteiger partial charge in [-0.25, -0.2) is 4.79 Å². The number of rotatable bonds is 7. The maximum Gasteiger partial charge on any atom is 0.327 e. The van der Waals surface area contributed by atoms with Gasteiger partial charge in [-0.1, -0.05) is 0 Å². The highest BCUT2D eigenvalue weighted by Gasteiger charge is 2.35. The van der Waals surface area contributed by atoms with E-state index in [1.807, 2.05) is 0 Å². The maximum atomic E-state index is 11.9. The molecule has 1 rings (SSSR count). The van der Waals surface area contributed by atoms with E-state index in [1.54, 1.807) is 0 Å². The van der Waals surface area contributed by atoms with Crippen LogP contribution >= 0.6 is 0 Å². The van der Waals surface area contributed by atoms with Crippen LogP contribution in [0.5, 0.6) is 0 Å². The number of nitrogens with zero attached hydrogens (tertiary/aromatic N) is 1. The summed E-state index contributed by atoms with van der Waals surface area (Å²) in [6, 6.07) is -1.12. The number of amides is 2. The van der Waals surface area contributed by atoms with E-state index in [9.17, 15) is 14.4 Å². The number of likely N-dealkylation sites (tertiary alicyclic amines) is 1. The zero-order valence-electron chi connectivity index (χ0n) is 11.3. The van der Waals surface area contributed by atoms with Crippen molar-refractivity contribution in [3.63, 3.8) is 0 Å². The molecule has 20 heavy (non-hydrogen) atoms. The van der Waals surface area contributed by atoms with Gasteiger partial charge in [0.05, 0.1) is 12.5 Å². The van der Waals surface area contributed by atoms with Gasteiger partial charge >= 0.3 is 5.97 Å². The number of terminal acetylenes is 1. The van der Waals surface area contributed by atoms with E-state index >= 15 is 0 Å². The number of carbonyl (C=O) groups is 3. The van der Waals surface area contributed by atoms with E-state index in [1.165, 1.54) is 12.0 Å². The molecule has 0 aliphatic carbocycles. The zero-order chi connectivity index (χ0) is 15.1. The molecule has 1 saturated heterocycles. The zero-order valence-corrected chi connectivity index (χ0v) is 11.3. The first-order chi connectivity index (χ1) is 9.49. The number of aliphatic carboxylic acids is 1. The second-order valence-electron chi connectivity index (χ2n) is 4.54. The van der Waals surface area contributed by atoms with Gasteiger partial charge in [0.1, 0.15) is 6.04 Å². The smallest absolute Gasteiger partial charge is 0.327 e. The summed E-state index contributed by atoms with van der Waals surface area (Å²) in [6.45, 7) is 1.09. The molecule has 0 aromatic heterocycles. The second-order valence-corrected chi connectivity index (χ2v) is 4.54. The van der Waals surface area contributed by atoms with Crippen molar-refractivity contribution in [2.45, 2.75) is 18.9 Å². The molecule has 7 nitrogen and oxygen atoms in total. The second kappa shape index (κ2) is 7.50. The first kappa shape index (κ1) is 16.0. The molecule has 1 aliphatic rings. The number of methoxy groups -OCH3 is 1. The average Bonchev–Trinajstić information content (AvgIpc) is 2.77. The fourth-order valence-electron chi connectivity index (χ4n) is 1.97. The minimum Gasteiger partial charge on any atom is -0.480 e. The van der Waals surface area contributed by atoms with Gasteiger partial charge < -0.3 is 20.1 Å². The van der Waals surface area contributed by atoms with Crippen LogP contribution in [0.25, 0.3) is 0 Å². The van der Waals surface area contributed by atoms with Crippen LogP contribution in [0.4, 0.5) is 0 Å². The predicted molar refractivity (Wildman–Crippen MR) is 69.6 cm³/mol. The Morgan fingerprint density at radius 1 is 1.65 bits per heavy atom. The van der Waals surface area contributed by atoms with Crippen LogP contribution in [-0.2, 0) is 19.1 Å². The number of ether oxygens (including phenoxy) is 1. The summed E-state index contributed by atoms with van der Waals surface area (Å²) in [7, 11) is 1.53. The normalized spacial score (nSPS) is 19.5. The van der Waals surface area contributed by atoms with Gasteiger partial charge in [-0.2, -0.15) is 0 Å². The van der Waals surface area contributed by atoms with Crippen molar-refractivity contribution in [2.24, 2.45) is 5.92 Å². The van der Waals surface area contributed by atoms with Crippen molar-refractivity contribution in [1.82, 2.24) is 10.2 Å². The lowest BCUT2D eigenvalue weighted by Gasteiger charge is -2.17. The molecule has 1 aliphatic heterocycles. The van der Waals surface area contributed by atoms with E-state index in [4.69, 9.17) is 16.3 Å². The van der Waals surface area contributed by atoms with Crippen LogP contribution in [0.2, 0.25) is 0 Å². The van der Waals surface area contributed by atoms with Crippen molar-refractivity contribution < 1.29 is 24.2 Å². The molecule has 0 aromatic rings. The molecular weight excluding hydrogens is 264 g/mol. The number of carboxylic acids is 1. The lowest BCUT2D eigenvalue weighted by Crippen LogP contribution is -2.44. The van der Waals surface area contributed by atoms with Gasteiger partial charge in [0.2, 0.25) is 11.8 Å². The van der Waals surface area contributed by atoms with E-state index in [2.05, 4.69) is 11.2 Å². The highest BCUT2D eigenvalue weighted by Crippen LogP contribution is 2.17. The summed E-state index contributed by atoms with van der Waals surface area (Å²) in [5.41, 5.74) is 0. The average molecular weight is 282 g/mol. The molecule has 0 spiro atoms. The Balaban J connectivity index is 2.54. The molecule has 110 valence electrons. The van der Waals surface area contributed by atoms with Crippen molar-refractivity contribution in [3.05, 3.63) is 0 Å². The monoisotopic (exact) mass is 282 g/mol. The van der Waals surface area contributed by atoms with Gasteiger partial charge in [-0.3, -0.25) is 9.59 Å². The lowest BCUT2D eigenvalue weighted by molar-refractivity contribution is -0.142. The number of carbonyl (C=O) groups excluding carboxylic acids is 2. The third-order valence-corrected chi connectivity index (χ3v) is 3.09. The molecular formula is C13H18N2O5. The minimum absolute atomic E-state index is 0.0813. The van der Waals surface area contributed by atoms with E-state index in [-0.39, 0.29) is 25.3 Å². The van der Waals surface area contributed by atoms with Crippen LogP contribution in [0.1, 0.15) is 12.8 Å². The first-order valence-electron chi connectivity index (χ1n) is 6.23. The Labute approximate surface area is 117 Å². The Morgan fingerprint density at radius 2 is 2.35 bits per heavy atom. The van der Waals surface area contributed by atoms with Crippen molar-refractivity contribution in [1.29, 1.82) is 0 Å². The third-order valence-electron chi connectivity index (χ3n) is 3.09. The quantitative estimate of drug-likeness (QED) is 0.588. The topological polar surface area (TPSA) is 95.9 Å². The summed E-state index contributed by atoms with van der Waals surface area (Å²) in [4.78, 5) is 36.1. The van der Waals surface area contributed by atoms with E-state index in [0.29, 0.717) is 13.2 Å². The fourth-order valence-corrected chi connectivity index (χ4v) is 1.97. The third kappa shape index (κ3) is 4.24. The largest absolute Gasteiger partial charge is 0.480 e. The standard InChI is InChI=1S/C13H18N2O5/c1-3-4-10(13(18)19)14-12(17)9-7-11(16)15(8-9)5-6-20-2/h1,9-10H,4-8H2,2H3,(H,14,17)(H,18,19). The number of hydrogen-bond donors (Lipinski definition) is 2. The lowest BCUT2D eigenvalue weighted by atomic mass is 10.1. The summed E-state index contributed by atoms with van der Waals surface area (Å²) in [5, 5.41) is 11.3. The molecule has 0 aromatic carbocycles. The highest BCUT2D eigenvalue weighted by atomic mass is 16.5. The molecule has 2 unspecified atom stereocenters. The summed E-state index contributed by atoms with van der Waals surface area (Å²) >= 11 is 0. The van der Waals surface area contributed by atoms with E-state index < -0.39 is 23.8 Å². The molecule has 2 atom stereocenters. The number of carboxylic acid groups (broad SMARTS) is 1. The molecule has 0 saturated carbocycles. The number of hydrogen-bond acceptors (Lipinski definition) is 4. The van der Waals surface area contributed by atoms with Crippen LogP contribution < -0.4 is 5.32 Å². The Bertz CT molecular complexity index is 429. The van der Waals surface area contributed by atoms with Gasteiger partial charge in [0, 0.05) is 33.0 Å². The van der Waals surface area contributed by atoms with Crippen molar-refractivity contribution >= 4 is 17.8 Å². The Hall–Kier alpha value is -2.07. The van der Waals surface area contributed by atoms with Crippen molar-refractivity contribution in [2.75, 3.05) is 26.8 Å². The molecule has 7 heteroatoms. The molecule has 0 radical (unpaired) electrons. The fraction of sp³-hybridized carbons (Fsp3) is 0.615. The van der Waals surface area contributed by atoms with Crippen LogP contribution in [0.3, 0.4) is 0 Å². The van der Waals surface area contributed by atoms with Gasteiger partial charge in [-0.15, -0.1) is 12.3 Å². The molecule has 2 amide bonds. The Morgan fingerprint density at radius 3 is 2.90 bits per heavy atom. The van der Waals surface area contributed by atoms with Gasteiger partial charge in [0.15, 0.2) is 0 Å². The molecule has 1 fully saturated rings. The minimum atomic E-state index is -1.18. The highest BCUT2D eigenvalue weighted by molar-refractivity contribution is 5.91. The van der Waals surface area contributed by atoms with Gasteiger partial charge in [-0.05, 0) is 0 Å². The molecule has 1 heterocycles. The van der Waals surface area contributed by atoms with Crippen molar-refractivity contribution in [3.8, 4) is 12.3 Å². The molecule has 0 bridgehead atoms. The maximum absolute atomic E-state index is 11.9. The first-order valence-corrected chi connectivity index (χ1v) is 6.23. The Kier molecular flexibility index (Phi) is 6.00. The number of nitrogens with one attached hydrogen (secondary N) is 1. The van der Waals surface area contributed by atoms with Crippen LogP contribution in [-0.4, -0.2) is 60.6 Å². The summed E-state index contributed by atoms with van der Waals surface area (Å²) in [6.07, 6.45) is 5.05. The van der Waals surface area contributed by atoms with Gasteiger partial charge in [0.25, 0.3) is 0 Å². The van der Waals surface area contributed by atoms with E-state index in [0.717, 1.165) is 0 Å². The SMILES string of the molecule is C#CCC(NC(=O)C1CC(=O)N(CCOC)C1)C(=O)O. The van der Waals surface area contributed by atoms with Crippen LogP contribution in [0, 0.1) is 18.3 Å². The van der Waals surface area contributed by atoms with Crippen LogP contribution in [0.15, 0.2) is 0 Å². The summed E-state index contributed by atoms with van der Waals surface area (Å²) in [5.74, 6) is -0.116. The summed E-state index contributed by atoms with van der Waals surface area (Å²) < 4.78 is 4.88.